The van der Waals surface area contributed by atoms with E-state index in [1.54, 1.807) is 35.9 Å². The zero-order valence-corrected chi connectivity index (χ0v) is 20.3. The van der Waals surface area contributed by atoms with E-state index in [2.05, 4.69) is 36.8 Å². The second kappa shape index (κ2) is 10.8. The lowest BCUT2D eigenvalue weighted by Crippen LogP contribution is -2.32. The van der Waals surface area contributed by atoms with Crippen LogP contribution >= 0.6 is 27.7 Å². The van der Waals surface area contributed by atoms with Crippen molar-refractivity contribution in [3.63, 3.8) is 0 Å². The Bertz CT molecular complexity index is 1120. The van der Waals surface area contributed by atoms with Crippen molar-refractivity contribution in [1.82, 2.24) is 20.1 Å². The first-order valence-corrected chi connectivity index (χ1v) is 11.6. The van der Waals surface area contributed by atoms with Crippen molar-refractivity contribution in [2.45, 2.75) is 25.0 Å². The van der Waals surface area contributed by atoms with Gasteiger partial charge in [-0.25, -0.2) is 0 Å². The molecule has 0 radical (unpaired) electrons. The third kappa shape index (κ3) is 5.56. The topological polar surface area (TPSA) is 109 Å². The van der Waals surface area contributed by atoms with E-state index in [0.29, 0.717) is 16.5 Å². The number of nitrogens with one attached hydrogen (secondary N) is 2. The number of thioether (sulfide) groups is 1. The van der Waals surface area contributed by atoms with Crippen LogP contribution in [0.25, 0.3) is 0 Å². The van der Waals surface area contributed by atoms with Gasteiger partial charge in [-0.15, -0.1) is 10.2 Å². The normalized spacial score (nSPS) is 11.8. The van der Waals surface area contributed by atoms with Gasteiger partial charge in [0.1, 0.15) is 6.04 Å². The van der Waals surface area contributed by atoms with Crippen molar-refractivity contribution < 1.29 is 14.7 Å². The number of anilines is 1. The number of benzene rings is 2. The van der Waals surface area contributed by atoms with Crippen LogP contribution in [0.2, 0.25) is 0 Å². The Morgan fingerprint density at radius 1 is 1.12 bits per heavy atom. The molecule has 0 fully saturated rings. The molecular formula is C22H24BrN5O3S. The maximum atomic E-state index is 12.4. The number of hydrogen-bond donors (Lipinski definition) is 3. The first-order valence-electron chi connectivity index (χ1n) is 9.86. The van der Waals surface area contributed by atoms with E-state index in [9.17, 15) is 14.7 Å². The van der Waals surface area contributed by atoms with Crippen LogP contribution in [0, 0.1) is 13.8 Å². The zero-order chi connectivity index (χ0) is 23.3. The fourth-order valence-corrected chi connectivity index (χ4v) is 4.17. The minimum atomic E-state index is -0.725. The van der Waals surface area contributed by atoms with Crippen LogP contribution in [0.5, 0.6) is 0 Å². The lowest BCUT2D eigenvalue weighted by Gasteiger charge is -2.16. The molecule has 0 aliphatic carbocycles. The summed E-state index contributed by atoms with van der Waals surface area (Å²) >= 11 is 4.71. The fourth-order valence-electron chi connectivity index (χ4n) is 3.02. The molecule has 0 unspecified atom stereocenters. The molecule has 3 rings (SSSR count). The van der Waals surface area contributed by atoms with Crippen LogP contribution < -0.4 is 10.6 Å². The molecule has 2 aromatic carbocycles. The number of nitrogens with zero attached hydrogens (tertiary/aromatic N) is 3. The van der Waals surface area contributed by atoms with Crippen LogP contribution in [0.15, 0.2) is 52.1 Å². The predicted molar refractivity (Wildman–Crippen MR) is 128 cm³/mol. The van der Waals surface area contributed by atoms with Gasteiger partial charge in [0.25, 0.3) is 5.91 Å². The molecule has 10 heteroatoms. The average Bonchev–Trinajstić information content (AvgIpc) is 3.17. The smallest absolute Gasteiger partial charge is 0.251 e. The molecule has 2 amide bonds. The minimum absolute atomic E-state index is 0.140. The molecular weight excluding hydrogens is 494 g/mol. The van der Waals surface area contributed by atoms with Gasteiger partial charge in [-0.05, 0) is 49.2 Å². The highest BCUT2D eigenvalue weighted by Crippen LogP contribution is 2.26. The fraction of sp³-hybridized carbons (Fsp3) is 0.273. The zero-order valence-electron chi connectivity index (χ0n) is 17.9. The van der Waals surface area contributed by atoms with Gasteiger partial charge in [0.05, 0.1) is 12.4 Å². The van der Waals surface area contributed by atoms with Crippen molar-refractivity contribution in [3.05, 3.63) is 69.5 Å². The Morgan fingerprint density at radius 2 is 1.84 bits per heavy atom. The van der Waals surface area contributed by atoms with Gasteiger partial charge in [0.2, 0.25) is 5.91 Å². The second-order valence-corrected chi connectivity index (χ2v) is 8.95. The second-order valence-electron chi connectivity index (χ2n) is 7.16. The standard InChI is InChI=1S/C22H24BrN5O3S/c1-13-14(2)17(10-9-16(13)23)24-19(30)12-32-22-27-26-20(28(22)3)18(11-29)25-21(31)15-7-5-4-6-8-15/h4-10,18,29H,11-12H2,1-3H3,(H,24,30)(H,25,31)/t18-/m0/s1. The molecule has 3 N–H and O–H groups in total. The van der Waals surface area contributed by atoms with Crippen LogP contribution in [0.4, 0.5) is 5.69 Å². The Hall–Kier alpha value is -2.69. The van der Waals surface area contributed by atoms with Gasteiger partial charge in [0, 0.05) is 22.8 Å². The van der Waals surface area contributed by atoms with Crippen LogP contribution in [-0.4, -0.2) is 44.0 Å². The summed E-state index contributed by atoms with van der Waals surface area (Å²) < 4.78 is 2.66. The number of aliphatic hydroxyl groups excluding tert-OH is 1. The highest BCUT2D eigenvalue weighted by Gasteiger charge is 2.22. The van der Waals surface area contributed by atoms with Gasteiger partial charge in [0.15, 0.2) is 11.0 Å². The van der Waals surface area contributed by atoms with Crippen molar-refractivity contribution in [2.75, 3.05) is 17.7 Å². The van der Waals surface area contributed by atoms with Crippen LogP contribution in [-0.2, 0) is 11.8 Å². The molecule has 0 aliphatic rings. The number of halogens is 1. The molecule has 1 atom stereocenters. The molecule has 168 valence electrons. The quantitative estimate of drug-likeness (QED) is 0.395. The van der Waals surface area contributed by atoms with E-state index in [4.69, 9.17) is 0 Å². The molecule has 0 spiro atoms. The molecule has 1 aromatic heterocycles. The van der Waals surface area contributed by atoms with E-state index in [1.807, 2.05) is 32.0 Å². The number of aromatic nitrogens is 3. The van der Waals surface area contributed by atoms with Gasteiger partial charge in [-0.2, -0.15) is 0 Å². The lowest BCUT2D eigenvalue weighted by atomic mass is 10.1. The molecule has 0 aliphatic heterocycles. The third-order valence-corrected chi connectivity index (χ3v) is 6.91. The van der Waals surface area contributed by atoms with Crippen LogP contribution in [0.3, 0.4) is 0 Å². The predicted octanol–water partition coefficient (Wildman–Crippen LogP) is 3.39. The summed E-state index contributed by atoms with van der Waals surface area (Å²) in [5.41, 5.74) is 3.32. The van der Waals surface area contributed by atoms with Gasteiger partial charge >= 0.3 is 0 Å². The Kier molecular flexibility index (Phi) is 8.05. The summed E-state index contributed by atoms with van der Waals surface area (Å²) in [6.07, 6.45) is 0. The number of rotatable bonds is 8. The summed E-state index contributed by atoms with van der Waals surface area (Å²) in [6.45, 7) is 3.60. The molecule has 8 nitrogen and oxygen atoms in total. The summed E-state index contributed by atoms with van der Waals surface area (Å²) in [4.78, 5) is 24.9. The van der Waals surface area contributed by atoms with Crippen molar-refractivity contribution >= 4 is 45.2 Å². The molecule has 3 aromatic rings. The maximum absolute atomic E-state index is 12.4. The third-order valence-electron chi connectivity index (χ3n) is 5.03. The first kappa shape index (κ1) is 24.0. The van der Waals surface area contributed by atoms with Gasteiger partial charge < -0.3 is 20.3 Å². The number of amides is 2. The SMILES string of the molecule is Cc1c(Br)ccc(NC(=O)CSc2nnc([C@H](CO)NC(=O)c3ccccc3)n2C)c1C. The number of aliphatic hydroxyl groups is 1. The summed E-state index contributed by atoms with van der Waals surface area (Å²) in [7, 11) is 1.73. The average molecular weight is 518 g/mol. The molecule has 0 bridgehead atoms. The Morgan fingerprint density at radius 3 is 2.53 bits per heavy atom. The van der Waals surface area contributed by atoms with Crippen molar-refractivity contribution in [2.24, 2.45) is 7.05 Å². The molecule has 0 saturated heterocycles. The molecule has 32 heavy (non-hydrogen) atoms. The lowest BCUT2D eigenvalue weighted by molar-refractivity contribution is -0.113. The van der Waals surface area contributed by atoms with E-state index < -0.39 is 6.04 Å². The highest BCUT2D eigenvalue weighted by molar-refractivity contribution is 9.10. The first-order chi connectivity index (χ1) is 15.3. The monoisotopic (exact) mass is 517 g/mol. The number of carbonyl (C=O) groups excluding carboxylic acids is 2. The van der Waals surface area contributed by atoms with E-state index in [1.165, 1.54) is 11.8 Å². The van der Waals surface area contributed by atoms with E-state index in [-0.39, 0.29) is 24.2 Å². The van der Waals surface area contributed by atoms with Crippen LogP contribution in [0.1, 0.15) is 33.4 Å². The molecule has 1 heterocycles. The summed E-state index contributed by atoms with van der Waals surface area (Å²) in [6, 6.07) is 11.8. The van der Waals surface area contributed by atoms with E-state index >= 15 is 0 Å². The molecule has 0 saturated carbocycles. The minimum Gasteiger partial charge on any atom is -0.394 e. The number of carbonyl (C=O) groups is 2. The summed E-state index contributed by atoms with van der Waals surface area (Å²) in [5.74, 6) is 0.0571. The van der Waals surface area contributed by atoms with Crippen molar-refractivity contribution in [3.8, 4) is 0 Å². The maximum Gasteiger partial charge on any atom is 0.251 e. The van der Waals surface area contributed by atoms with Gasteiger partial charge in [-0.1, -0.05) is 45.9 Å². The van der Waals surface area contributed by atoms with Crippen molar-refractivity contribution in [1.29, 1.82) is 0 Å². The highest BCUT2D eigenvalue weighted by atomic mass is 79.9. The Balaban J connectivity index is 1.63. The van der Waals surface area contributed by atoms with Gasteiger partial charge in [-0.3, -0.25) is 9.59 Å². The summed E-state index contributed by atoms with van der Waals surface area (Å²) in [5, 5.41) is 24.2. The number of hydrogen-bond acceptors (Lipinski definition) is 6. The Labute approximate surface area is 198 Å². The van der Waals surface area contributed by atoms with E-state index in [0.717, 1.165) is 21.3 Å². The largest absolute Gasteiger partial charge is 0.394 e.